The quantitative estimate of drug-likeness (QED) is 0.870. The zero-order valence-electron chi connectivity index (χ0n) is 9.98. The van der Waals surface area contributed by atoms with Gasteiger partial charge in [-0.1, -0.05) is 36.6 Å². The van der Waals surface area contributed by atoms with Gasteiger partial charge in [-0.15, -0.1) is 0 Å². The van der Waals surface area contributed by atoms with E-state index < -0.39 is 0 Å². The minimum atomic E-state index is -0.201. The van der Waals surface area contributed by atoms with Crippen molar-refractivity contribution in [1.29, 1.82) is 0 Å². The first-order chi connectivity index (χ1) is 8.22. The molecule has 1 aliphatic carbocycles. The molecule has 3 N–H and O–H groups in total. The number of hydrogen-bond donors (Lipinski definition) is 2. The van der Waals surface area contributed by atoms with Crippen LogP contribution in [-0.4, -0.2) is 17.8 Å². The van der Waals surface area contributed by atoms with E-state index in [1.165, 1.54) is 12.0 Å². The molecule has 1 aliphatic rings. The van der Waals surface area contributed by atoms with Gasteiger partial charge in [0.15, 0.2) is 0 Å². The first kappa shape index (κ1) is 12.9. The molecule has 17 heavy (non-hydrogen) atoms. The predicted molar refractivity (Wildman–Crippen MR) is 71.2 cm³/mol. The largest absolute Gasteiger partial charge is 0.393 e. The smallest absolute Gasteiger partial charge is 0.0574 e. The maximum atomic E-state index is 10.1. The van der Waals surface area contributed by atoms with Crippen LogP contribution in [0.1, 0.15) is 37.2 Å². The van der Waals surface area contributed by atoms with Crippen LogP contribution in [0, 0.1) is 5.92 Å². The third-order valence-electron chi connectivity index (χ3n) is 3.85. The maximum Gasteiger partial charge on any atom is 0.0574 e. The molecule has 2 nitrogen and oxygen atoms in total. The molecule has 0 bridgehead atoms. The summed E-state index contributed by atoms with van der Waals surface area (Å²) in [5.74, 6) is 0.553. The minimum Gasteiger partial charge on any atom is -0.393 e. The molecule has 0 unspecified atom stereocenters. The Morgan fingerprint density at radius 2 is 1.88 bits per heavy atom. The highest BCUT2D eigenvalue weighted by atomic mass is 35.5. The molecule has 0 aromatic heterocycles. The van der Waals surface area contributed by atoms with Crippen molar-refractivity contribution in [3.8, 4) is 0 Å². The van der Waals surface area contributed by atoms with Crippen LogP contribution >= 0.6 is 11.6 Å². The summed E-state index contributed by atoms with van der Waals surface area (Å²) in [5, 5.41) is 10.8. The molecule has 0 amide bonds. The van der Waals surface area contributed by atoms with Crippen LogP contribution in [0.4, 0.5) is 0 Å². The summed E-state index contributed by atoms with van der Waals surface area (Å²) < 4.78 is 0. The fourth-order valence-corrected chi connectivity index (χ4v) is 3.00. The summed E-state index contributed by atoms with van der Waals surface area (Å²) in [5.41, 5.74) is 7.09. The Kier molecular flexibility index (Phi) is 4.43. The number of rotatable bonds is 3. The van der Waals surface area contributed by atoms with Gasteiger partial charge in [-0.2, -0.15) is 0 Å². The third kappa shape index (κ3) is 3.01. The van der Waals surface area contributed by atoms with Crippen LogP contribution in [0.5, 0.6) is 0 Å². The standard InChI is InChI=1S/C14H20ClNO/c15-11-7-5-10(6-8-11)13(9-16)12-3-1-2-4-14(12)17/h5-8,12-14,17H,1-4,9,16H2/t12-,13-,14+/m1/s1. The molecule has 1 saturated carbocycles. The van der Waals surface area contributed by atoms with E-state index in [1.54, 1.807) is 0 Å². The molecule has 0 heterocycles. The number of aliphatic hydroxyl groups excluding tert-OH is 1. The number of benzene rings is 1. The number of nitrogens with two attached hydrogens (primary N) is 1. The van der Waals surface area contributed by atoms with Crippen LogP contribution in [0.25, 0.3) is 0 Å². The van der Waals surface area contributed by atoms with Crippen LogP contribution in [0.15, 0.2) is 24.3 Å². The van der Waals surface area contributed by atoms with Gasteiger partial charge in [0, 0.05) is 10.9 Å². The molecule has 94 valence electrons. The monoisotopic (exact) mass is 253 g/mol. The van der Waals surface area contributed by atoms with Gasteiger partial charge in [-0.05, 0) is 43.0 Å². The van der Waals surface area contributed by atoms with Crippen molar-refractivity contribution < 1.29 is 5.11 Å². The summed E-state index contributed by atoms with van der Waals surface area (Å²) in [6.45, 7) is 0.587. The van der Waals surface area contributed by atoms with Crippen molar-refractivity contribution in [2.24, 2.45) is 11.7 Å². The summed E-state index contributed by atoms with van der Waals surface area (Å²) in [6, 6.07) is 7.85. The normalized spacial score (nSPS) is 26.8. The topological polar surface area (TPSA) is 46.2 Å². The average molecular weight is 254 g/mol. The van der Waals surface area contributed by atoms with E-state index in [4.69, 9.17) is 17.3 Å². The van der Waals surface area contributed by atoms with E-state index in [0.29, 0.717) is 12.5 Å². The fourth-order valence-electron chi connectivity index (χ4n) is 2.88. The van der Waals surface area contributed by atoms with Crippen molar-refractivity contribution in [2.75, 3.05) is 6.54 Å². The van der Waals surface area contributed by atoms with Crippen molar-refractivity contribution in [1.82, 2.24) is 0 Å². The van der Waals surface area contributed by atoms with Crippen LogP contribution in [-0.2, 0) is 0 Å². The van der Waals surface area contributed by atoms with Gasteiger partial charge in [0.05, 0.1) is 6.10 Å². The van der Waals surface area contributed by atoms with E-state index in [0.717, 1.165) is 24.3 Å². The van der Waals surface area contributed by atoms with Crippen molar-refractivity contribution in [3.63, 3.8) is 0 Å². The Labute approximate surface area is 108 Å². The second kappa shape index (κ2) is 5.85. The molecule has 0 spiro atoms. The molecule has 0 aliphatic heterocycles. The van der Waals surface area contributed by atoms with Gasteiger partial charge in [0.25, 0.3) is 0 Å². The van der Waals surface area contributed by atoms with Crippen molar-refractivity contribution in [2.45, 2.75) is 37.7 Å². The Morgan fingerprint density at radius 1 is 1.24 bits per heavy atom. The molecule has 1 aromatic rings. The first-order valence-electron chi connectivity index (χ1n) is 6.36. The molecular formula is C14H20ClNO. The lowest BCUT2D eigenvalue weighted by Crippen LogP contribution is -2.33. The summed E-state index contributed by atoms with van der Waals surface area (Å²) in [6.07, 6.45) is 4.12. The summed E-state index contributed by atoms with van der Waals surface area (Å²) in [7, 11) is 0. The maximum absolute atomic E-state index is 10.1. The Bertz CT molecular complexity index is 352. The lowest BCUT2D eigenvalue weighted by Gasteiger charge is -2.34. The SMILES string of the molecule is NC[C@H](c1ccc(Cl)cc1)[C@H]1CCCC[C@@H]1O. The van der Waals surface area contributed by atoms with Crippen LogP contribution < -0.4 is 5.73 Å². The fraction of sp³-hybridized carbons (Fsp3) is 0.571. The number of aliphatic hydroxyl groups is 1. The molecule has 1 aromatic carbocycles. The van der Waals surface area contributed by atoms with Crippen LogP contribution in [0.2, 0.25) is 5.02 Å². The lowest BCUT2D eigenvalue weighted by atomic mass is 9.75. The second-order valence-electron chi connectivity index (χ2n) is 4.91. The van der Waals surface area contributed by atoms with Gasteiger partial charge in [0.1, 0.15) is 0 Å². The van der Waals surface area contributed by atoms with Gasteiger partial charge in [0.2, 0.25) is 0 Å². The zero-order valence-corrected chi connectivity index (χ0v) is 10.7. The molecule has 3 atom stereocenters. The van der Waals surface area contributed by atoms with Gasteiger partial charge in [-0.25, -0.2) is 0 Å². The van der Waals surface area contributed by atoms with Crippen molar-refractivity contribution >= 4 is 11.6 Å². The zero-order chi connectivity index (χ0) is 12.3. The van der Waals surface area contributed by atoms with E-state index in [-0.39, 0.29) is 12.0 Å². The molecule has 2 rings (SSSR count). The molecule has 0 saturated heterocycles. The van der Waals surface area contributed by atoms with Gasteiger partial charge < -0.3 is 10.8 Å². The molecular weight excluding hydrogens is 234 g/mol. The Morgan fingerprint density at radius 3 is 2.47 bits per heavy atom. The molecule has 3 heteroatoms. The van der Waals surface area contributed by atoms with E-state index in [1.807, 2.05) is 24.3 Å². The number of hydrogen-bond acceptors (Lipinski definition) is 2. The van der Waals surface area contributed by atoms with E-state index >= 15 is 0 Å². The number of halogens is 1. The Balaban J connectivity index is 2.17. The highest BCUT2D eigenvalue weighted by Crippen LogP contribution is 2.36. The third-order valence-corrected chi connectivity index (χ3v) is 4.10. The first-order valence-corrected chi connectivity index (χ1v) is 6.73. The van der Waals surface area contributed by atoms with E-state index in [2.05, 4.69) is 0 Å². The van der Waals surface area contributed by atoms with Gasteiger partial charge in [-0.3, -0.25) is 0 Å². The molecule has 1 fully saturated rings. The minimum absolute atomic E-state index is 0.201. The second-order valence-corrected chi connectivity index (χ2v) is 5.35. The van der Waals surface area contributed by atoms with Crippen LogP contribution in [0.3, 0.4) is 0 Å². The van der Waals surface area contributed by atoms with Crippen molar-refractivity contribution in [3.05, 3.63) is 34.9 Å². The molecule has 0 radical (unpaired) electrons. The summed E-state index contributed by atoms with van der Waals surface area (Å²) >= 11 is 5.89. The highest BCUT2D eigenvalue weighted by molar-refractivity contribution is 6.30. The average Bonchev–Trinajstić information content (AvgIpc) is 2.35. The highest BCUT2D eigenvalue weighted by Gasteiger charge is 2.30. The summed E-state index contributed by atoms with van der Waals surface area (Å²) in [4.78, 5) is 0. The van der Waals surface area contributed by atoms with E-state index in [9.17, 15) is 5.11 Å². The lowest BCUT2D eigenvalue weighted by molar-refractivity contribution is 0.0561. The predicted octanol–water partition coefficient (Wildman–Crippen LogP) is 2.93. The van der Waals surface area contributed by atoms with Gasteiger partial charge >= 0.3 is 0 Å². The Hall–Kier alpha value is -0.570.